The smallest absolute Gasteiger partial charge is 0.390 e. The Labute approximate surface area is 178 Å². The molecule has 11 heteroatoms. The topological polar surface area (TPSA) is 136 Å². The summed E-state index contributed by atoms with van der Waals surface area (Å²) in [5.41, 5.74) is 2.15. The van der Waals surface area contributed by atoms with E-state index in [0.29, 0.717) is 19.5 Å². The maximum atomic E-state index is 13.0. The molecule has 0 radical (unpaired) electrons. The molecule has 1 aromatic carbocycles. The Bertz CT molecular complexity index is 970. The first-order valence-electron chi connectivity index (χ1n) is 10.6. The SMILES string of the molecule is O=C(NC[C@H]1c2ccccc2CCN1C(=O)Cn1nnc([N+](=O)[O-])n1)C1CCCCC1. The first kappa shape index (κ1) is 20.9. The third kappa shape index (κ3) is 4.70. The van der Waals surface area contributed by atoms with Crippen LogP contribution in [-0.2, 0) is 22.6 Å². The van der Waals surface area contributed by atoms with Crippen LogP contribution in [0, 0.1) is 16.0 Å². The predicted molar refractivity (Wildman–Crippen MR) is 109 cm³/mol. The third-order valence-electron chi connectivity index (χ3n) is 6.06. The highest BCUT2D eigenvalue weighted by molar-refractivity contribution is 5.79. The van der Waals surface area contributed by atoms with Crippen molar-refractivity contribution >= 4 is 17.8 Å². The summed E-state index contributed by atoms with van der Waals surface area (Å²) in [5.74, 6) is -0.841. The molecule has 1 aliphatic heterocycles. The van der Waals surface area contributed by atoms with Gasteiger partial charge in [-0.15, -0.1) is 0 Å². The number of hydrogen-bond donors (Lipinski definition) is 1. The summed E-state index contributed by atoms with van der Waals surface area (Å²) in [6.07, 6.45) is 5.84. The minimum absolute atomic E-state index is 0.0385. The molecule has 0 bridgehead atoms. The van der Waals surface area contributed by atoms with E-state index < -0.39 is 10.9 Å². The zero-order valence-corrected chi connectivity index (χ0v) is 17.1. The number of amides is 2. The first-order valence-corrected chi connectivity index (χ1v) is 10.6. The number of aromatic nitrogens is 4. The molecule has 2 heterocycles. The normalized spacial score (nSPS) is 19.0. The monoisotopic (exact) mass is 427 g/mol. The molecule has 0 unspecified atom stereocenters. The van der Waals surface area contributed by atoms with Crippen LogP contribution in [0.3, 0.4) is 0 Å². The van der Waals surface area contributed by atoms with Gasteiger partial charge >= 0.3 is 5.95 Å². The van der Waals surface area contributed by atoms with Crippen LogP contribution < -0.4 is 5.32 Å². The van der Waals surface area contributed by atoms with Crippen molar-refractivity contribution in [2.45, 2.75) is 51.1 Å². The molecule has 0 saturated heterocycles. The largest absolute Gasteiger partial charge is 0.514 e. The Hall–Kier alpha value is -3.37. The van der Waals surface area contributed by atoms with E-state index in [9.17, 15) is 19.7 Å². The third-order valence-corrected chi connectivity index (χ3v) is 6.06. The number of tetrazole rings is 1. The molecule has 4 rings (SSSR count). The summed E-state index contributed by atoms with van der Waals surface area (Å²) in [6, 6.07) is 7.58. The fraction of sp³-hybridized carbons (Fsp3) is 0.550. The molecule has 1 fully saturated rings. The minimum atomic E-state index is -0.755. The van der Waals surface area contributed by atoms with Crippen molar-refractivity contribution in [2.75, 3.05) is 13.1 Å². The molecule has 11 nitrogen and oxygen atoms in total. The van der Waals surface area contributed by atoms with Gasteiger partial charge in [0.25, 0.3) is 0 Å². The summed E-state index contributed by atoms with van der Waals surface area (Å²) in [7, 11) is 0. The van der Waals surface area contributed by atoms with Gasteiger partial charge < -0.3 is 20.3 Å². The number of hydrogen-bond acceptors (Lipinski definition) is 7. The second-order valence-corrected chi connectivity index (χ2v) is 8.01. The van der Waals surface area contributed by atoms with Gasteiger partial charge in [-0.2, -0.15) is 0 Å². The lowest BCUT2D eigenvalue weighted by Crippen LogP contribution is -2.47. The zero-order valence-electron chi connectivity index (χ0n) is 17.1. The second-order valence-electron chi connectivity index (χ2n) is 8.01. The molecule has 1 aromatic heterocycles. The van der Waals surface area contributed by atoms with Crippen molar-refractivity contribution in [1.82, 2.24) is 30.4 Å². The Morgan fingerprint density at radius 3 is 2.71 bits per heavy atom. The summed E-state index contributed by atoms with van der Waals surface area (Å²) in [6.45, 7) is 0.551. The molecule has 2 amide bonds. The van der Waals surface area contributed by atoms with E-state index >= 15 is 0 Å². The molecule has 1 N–H and O–H groups in total. The van der Waals surface area contributed by atoms with Crippen molar-refractivity contribution in [3.05, 3.63) is 45.5 Å². The molecular weight excluding hydrogens is 402 g/mol. The molecule has 2 aromatic rings. The molecule has 2 aliphatic rings. The van der Waals surface area contributed by atoms with Gasteiger partial charge in [0.05, 0.1) is 16.2 Å². The molecular formula is C20H25N7O4. The van der Waals surface area contributed by atoms with E-state index in [1.807, 2.05) is 24.3 Å². The van der Waals surface area contributed by atoms with Gasteiger partial charge in [0, 0.05) is 24.2 Å². The van der Waals surface area contributed by atoms with Gasteiger partial charge in [-0.05, 0) is 35.3 Å². The highest BCUT2D eigenvalue weighted by Gasteiger charge is 2.33. The van der Waals surface area contributed by atoms with E-state index in [-0.39, 0.29) is 30.3 Å². The van der Waals surface area contributed by atoms with Crippen molar-refractivity contribution in [2.24, 2.45) is 5.92 Å². The van der Waals surface area contributed by atoms with Gasteiger partial charge in [-0.25, -0.2) is 0 Å². The quantitative estimate of drug-likeness (QED) is 0.543. The number of carbonyl (C=O) groups excluding carboxylic acids is 2. The average Bonchev–Trinajstić information content (AvgIpc) is 3.26. The number of nitro groups is 1. The maximum Gasteiger partial charge on any atom is 0.514 e. The lowest BCUT2D eigenvalue weighted by atomic mass is 9.88. The van der Waals surface area contributed by atoms with Crippen LogP contribution in [0.15, 0.2) is 24.3 Å². The first-order chi connectivity index (χ1) is 15.0. The lowest BCUT2D eigenvalue weighted by Gasteiger charge is -2.37. The highest BCUT2D eigenvalue weighted by atomic mass is 16.6. The van der Waals surface area contributed by atoms with Crippen molar-refractivity contribution in [1.29, 1.82) is 0 Å². The maximum absolute atomic E-state index is 13.0. The number of carbonyl (C=O) groups is 2. The second kappa shape index (κ2) is 9.19. The van der Waals surface area contributed by atoms with Crippen LogP contribution in [0.5, 0.6) is 0 Å². The van der Waals surface area contributed by atoms with E-state index in [1.165, 1.54) is 6.42 Å². The van der Waals surface area contributed by atoms with Crippen LogP contribution in [0.25, 0.3) is 0 Å². The molecule has 164 valence electrons. The number of nitrogens with one attached hydrogen (secondary N) is 1. The van der Waals surface area contributed by atoms with Crippen molar-refractivity contribution < 1.29 is 14.5 Å². The summed E-state index contributed by atoms with van der Waals surface area (Å²) in [5, 5.41) is 24.4. The molecule has 31 heavy (non-hydrogen) atoms. The summed E-state index contributed by atoms with van der Waals surface area (Å²) < 4.78 is 0. The van der Waals surface area contributed by atoms with Crippen molar-refractivity contribution in [3.8, 4) is 0 Å². The van der Waals surface area contributed by atoms with Gasteiger partial charge in [0.2, 0.25) is 11.8 Å². The van der Waals surface area contributed by atoms with Crippen LogP contribution in [0.2, 0.25) is 0 Å². The van der Waals surface area contributed by atoms with E-state index in [0.717, 1.165) is 41.6 Å². The van der Waals surface area contributed by atoms with Crippen LogP contribution in [-0.4, -0.2) is 54.9 Å². The van der Waals surface area contributed by atoms with Crippen LogP contribution in [0.4, 0.5) is 5.95 Å². The Kier molecular flexibility index (Phi) is 6.19. The van der Waals surface area contributed by atoms with Gasteiger partial charge in [-0.3, -0.25) is 9.59 Å². The number of benzene rings is 1. The summed E-state index contributed by atoms with van der Waals surface area (Å²) in [4.78, 5) is 38.3. The van der Waals surface area contributed by atoms with Crippen LogP contribution in [0.1, 0.15) is 49.3 Å². The molecule has 1 saturated carbocycles. The number of fused-ring (bicyclic) bond motifs is 1. The Balaban J connectivity index is 1.48. The standard InChI is InChI=1S/C20H25N7O4/c28-18(13-26-23-20(22-24-26)27(30)31)25-11-10-14-6-4-5-9-16(14)17(25)12-21-19(29)15-7-2-1-3-8-15/h4-6,9,15,17H,1-3,7-8,10-13H2,(H,21,29)/t17-/m0/s1. The number of nitrogens with zero attached hydrogens (tertiary/aromatic N) is 6. The molecule has 1 aliphatic carbocycles. The van der Waals surface area contributed by atoms with Crippen LogP contribution >= 0.6 is 0 Å². The Morgan fingerprint density at radius 1 is 1.19 bits per heavy atom. The zero-order chi connectivity index (χ0) is 21.8. The van der Waals surface area contributed by atoms with E-state index in [2.05, 4.69) is 20.7 Å². The highest BCUT2D eigenvalue weighted by Crippen LogP contribution is 2.30. The van der Waals surface area contributed by atoms with Gasteiger partial charge in [0.15, 0.2) is 6.54 Å². The van der Waals surface area contributed by atoms with Gasteiger partial charge in [0.1, 0.15) is 0 Å². The van der Waals surface area contributed by atoms with Crippen molar-refractivity contribution in [3.63, 3.8) is 0 Å². The van der Waals surface area contributed by atoms with E-state index in [1.54, 1.807) is 4.90 Å². The lowest BCUT2D eigenvalue weighted by molar-refractivity contribution is -0.394. The number of rotatable bonds is 6. The fourth-order valence-electron chi connectivity index (χ4n) is 4.46. The molecule has 0 spiro atoms. The Morgan fingerprint density at radius 2 is 1.97 bits per heavy atom. The molecule has 1 atom stereocenters. The predicted octanol–water partition coefficient (Wildman–Crippen LogP) is 1.40. The van der Waals surface area contributed by atoms with E-state index in [4.69, 9.17) is 0 Å². The van der Waals surface area contributed by atoms with Gasteiger partial charge in [-0.1, -0.05) is 48.3 Å². The average molecular weight is 427 g/mol. The summed E-state index contributed by atoms with van der Waals surface area (Å²) >= 11 is 0. The fourth-order valence-corrected chi connectivity index (χ4v) is 4.46. The minimum Gasteiger partial charge on any atom is -0.390 e.